The maximum atomic E-state index is 14.3. The highest BCUT2D eigenvalue weighted by atomic mass is 16.5. The number of ether oxygens (including phenoxy) is 1. The minimum Gasteiger partial charge on any atom is -0.465 e. The van der Waals surface area contributed by atoms with Crippen molar-refractivity contribution in [3.63, 3.8) is 0 Å². The van der Waals surface area contributed by atoms with Crippen LogP contribution in [-0.2, 0) is 29.7 Å². The topological polar surface area (TPSA) is 105 Å². The molecule has 8 aromatic rings. The largest absolute Gasteiger partial charge is 0.465 e. The second-order valence-electron chi connectivity index (χ2n) is 14.9. The zero-order valence-electron chi connectivity index (χ0n) is 34.0. The first-order chi connectivity index (χ1) is 29.4. The van der Waals surface area contributed by atoms with Crippen molar-refractivity contribution in [2.45, 2.75) is 51.6 Å². The van der Waals surface area contributed by atoms with Gasteiger partial charge in [0.25, 0.3) is 5.56 Å². The van der Waals surface area contributed by atoms with E-state index in [1.54, 1.807) is 16.7 Å². The van der Waals surface area contributed by atoms with Crippen molar-refractivity contribution < 1.29 is 9.53 Å². The van der Waals surface area contributed by atoms with Gasteiger partial charge >= 0.3 is 5.97 Å². The van der Waals surface area contributed by atoms with Crippen molar-refractivity contribution in [1.82, 2.24) is 29.8 Å². The first kappa shape index (κ1) is 39.6. The summed E-state index contributed by atoms with van der Waals surface area (Å²) in [6.45, 7) is 4.37. The Morgan fingerprint density at radius 2 is 1.23 bits per heavy atom. The summed E-state index contributed by atoms with van der Waals surface area (Å²) in [7, 11) is 1.36. The van der Waals surface area contributed by atoms with Gasteiger partial charge in [0.05, 0.1) is 24.9 Å². The highest BCUT2D eigenvalue weighted by Gasteiger charge is 2.42. The van der Waals surface area contributed by atoms with Gasteiger partial charge in [-0.15, -0.1) is 5.10 Å². The van der Waals surface area contributed by atoms with Crippen molar-refractivity contribution in [2.75, 3.05) is 7.11 Å². The number of aromatic nitrogens is 6. The molecule has 298 valence electrons. The fourth-order valence-electron chi connectivity index (χ4n) is 8.14. The van der Waals surface area contributed by atoms with E-state index in [1.807, 2.05) is 54.1 Å². The van der Waals surface area contributed by atoms with E-state index in [2.05, 4.69) is 121 Å². The number of hydrogen-bond donors (Lipinski definition) is 0. The van der Waals surface area contributed by atoms with Crippen LogP contribution in [0.25, 0.3) is 22.5 Å². The number of rotatable bonds is 14. The number of carbonyl (C=O) groups is 1. The zero-order valence-corrected chi connectivity index (χ0v) is 34.0. The van der Waals surface area contributed by atoms with Crippen LogP contribution in [0, 0.1) is 6.92 Å². The highest BCUT2D eigenvalue weighted by Crippen LogP contribution is 2.43. The average molecular weight is 791 g/mol. The normalized spacial score (nSPS) is 11.4. The van der Waals surface area contributed by atoms with E-state index in [4.69, 9.17) is 20.0 Å². The maximum absolute atomic E-state index is 14.3. The van der Waals surface area contributed by atoms with Crippen LogP contribution in [0.4, 0.5) is 0 Å². The summed E-state index contributed by atoms with van der Waals surface area (Å²) in [5, 5.41) is 13.8. The van der Waals surface area contributed by atoms with Crippen LogP contribution in [0.15, 0.2) is 169 Å². The number of unbranched alkanes of at least 4 members (excludes halogenated alkanes) is 1. The Morgan fingerprint density at radius 3 is 1.80 bits per heavy atom. The smallest absolute Gasteiger partial charge is 0.337 e. The zero-order chi connectivity index (χ0) is 41.5. The van der Waals surface area contributed by atoms with Gasteiger partial charge in [-0.3, -0.25) is 9.36 Å². The SMILES string of the molecule is CCCCc1nc(C)n(Cc2ccc(C(=O)OC)cc2)c(=O)c1Cc1ccc(-c2ccccc2-c2nnnn2C(c2ccccc2)(c2ccccc2)c2ccccc2)cc1. The van der Waals surface area contributed by atoms with Crippen LogP contribution < -0.4 is 5.56 Å². The fraction of sp³-hybridized carbons (Fsp3) is 0.176. The second-order valence-corrected chi connectivity index (χ2v) is 14.9. The first-order valence-corrected chi connectivity index (χ1v) is 20.3. The van der Waals surface area contributed by atoms with Crippen molar-refractivity contribution in [3.05, 3.63) is 225 Å². The summed E-state index contributed by atoms with van der Waals surface area (Å²) in [6.07, 6.45) is 3.11. The van der Waals surface area contributed by atoms with Gasteiger partial charge in [-0.2, -0.15) is 0 Å². The van der Waals surface area contributed by atoms with Crippen LogP contribution in [0.1, 0.15) is 75.0 Å². The molecule has 0 amide bonds. The standard InChI is InChI=1S/C51H46N6O3/c1-4-5-25-47-46(49(58)56(36(2)52-47)35-38-28-32-40(33-29-38)50(59)60-3)34-37-26-30-39(31-27-37)44-23-15-16-24-45(44)48-53-54-55-57(48)51(41-17-9-6-10-18-41,42-19-11-7-12-20-42)43-21-13-8-14-22-43/h6-24,26-33H,4-5,25,34-35H2,1-3H3. The molecule has 0 bridgehead atoms. The molecule has 6 aromatic carbocycles. The predicted octanol–water partition coefficient (Wildman–Crippen LogP) is 9.48. The molecule has 0 unspecified atom stereocenters. The van der Waals surface area contributed by atoms with Crippen molar-refractivity contribution >= 4 is 5.97 Å². The maximum Gasteiger partial charge on any atom is 0.337 e. The summed E-state index contributed by atoms with van der Waals surface area (Å²) >= 11 is 0. The first-order valence-electron chi connectivity index (χ1n) is 20.3. The monoisotopic (exact) mass is 790 g/mol. The lowest BCUT2D eigenvalue weighted by molar-refractivity contribution is 0.0600. The van der Waals surface area contributed by atoms with Gasteiger partial charge in [0.15, 0.2) is 5.82 Å². The predicted molar refractivity (Wildman–Crippen MR) is 235 cm³/mol. The number of aryl methyl sites for hydroxylation is 2. The molecule has 0 atom stereocenters. The lowest BCUT2D eigenvalue weighted by atomic mass is 9.77. The van der Waals surface area contributed by atoms with Gasteiger partial charge < -0.3 is 4.74 Å². The lowest BCUT2D eigenvalue weighted by Crippen LogP contribution is -2.39. The summed E-state index contributed by atoms with van der Waals surface area (Å²) < 4.78 is 8.54. The molecule has 2 aromatic heterocycles. The number of carbonyl (C=O) groups excluding carboxylic acids is 1. The van der Waals surface area contributed by atoms with Gasteiger partial charge in [-0.1, -0.05) is 165 Å². The molecule has 9 heteroatoms. The molecule has 60 heavy (non-hydrogen) atoms. The molecule has 0 radical (unpaired) electrons. The fourth-order valence-corrected chi connectivity index (χ4v) is 8.14. The minimum absolute atomic E-state index is 0.0503. The molecule has 0 saturated heterocycles. The van der Waals surface area contributed by atoms with E-state index in [-0.39, 0.29) is 5.56 Å². The van der Waals surface area contributed by atoms with Crippen LogP contribution in [0.5, 0.6) is 0 Å². The Morgan fingerprint density at radius 1 is 0.683 bits per heavy atom. The Kier molecular flexibility index (Phi) is 11.7. The van der Waals surface area contributed by atoms with E-state index in [1.165, 1.54) is 7.11 Å². The number of hydrogen-bond acceptors (Lipinski definition) is 7. The Balaban J connectivity index is 1.17. The number of benzene rings is 6. The molecule has 0 saturated carbocycles. The molecule has 9 nitrogen and oxygen atoms in total. The molecular formula is C51H46N6O3. The van der Waals surface area contributed by atoms with E-state index in [0.29, 0.717) is 35.7 Å². The number of nitrogens with zero attached hydrogens (tertiary/aromatic N) is 6. The highest BCUT2D eigenvalue weighted by molar-refractivity contribution is 5.89. The van der Waals surface area contributed by atoms with Gasteiger partial charge in [0, 0.05) is 17.5 Å². The van der Waals surface area contributed by atoms with Crippen molar-refractivity contribution in [3.8, 4) is 22.5 Å². The molecule has 0 N–H and O–H groups in total. The third-order valence-corrected chi connectivity index (χ3v) is 11.2. The quantitative estimate of drug-likeness (QED) is 0.0799. The Bertz CT molecular complexity index is 2670. The molecule has 0 aliphatic heterocycles. The number of methoxy groups -OCH3 is 1. The van der Waals surface area contributed by atoms with Crippen LogP contribution in [-0.4, -0.2) is 42.8 Å². The molecule has 0 spiro atoms. The molecule has 2 heterocycles. The third kappa shape index (κ3) is 7.69. The summed E-state index contributed by atoms with van der Waals surface area (Å²) in [5.41, 5.74) is 8.89. The van der Waals surface area contributed by atoms with Gasteiger partial charge in [-0.05, 0) is 81.3 Å². The molecule has 0 aliphatic carbocycles. The second kappa shape index (κ2) is 17.7. The van der Waals surface area contributed by atoms with E-state index >= 15 is 0 Å². The minimum atomic E-state index is -0.892. The Hall–Kier alpha value is -7.26. The van der Waals surface area contributed by atoms with E-state index in [9.17, 15) is 9.59 Å². The number of esters is 1. The summed E-state index contributed by atoms with van der Waals surface area (Å²) in [6, 6.07) is 54.9. The van der Waals surface area contributed by atoms with E-state index < -0.39 is 11.5 Å². The van der Waals surface area contributed by atoms with Crippen LogP contribution in [0.3, 0.4) is 0 Å². The average Bonchev–Trinajstić information content (AvgIpc) is 3.80. The third-order valence-electron chi connectivity index (χ3n) is 11.2. The van der Waals surface area contributed by atoms with Gasteiger partial charge in [0.2, 0.25) is 0 Å². The van der Waals surface area contributed by atoms with E-state index in [0.717, 1.165) is 69.5 Å². The van der Waals surface area contributed by atoms with Crippen molar-refractivity contribution in [2.24, 2.45) is 0 Å². The van der Waals surface area contributed by atoms with Crippen LogP contribution in [0.2, 0.25) is 0 Å². The summed E-state index contributed by atoms with van der Waals surface area (Å²) in [5.74, 6) is 0.889. The van der Waals surface area contributed by atoms with Gasteiger partial charge in [0.1, 0.15) is 11.4 Å². The molecule has 0 fully saturated rings. The van der Waals surface area contributed by atoms with Gasteiger partial charge in [-0.25, -0.2) is 14.5 Å². The molecule has 0 aliphatic rings. The van der Waals surface area contributed by atoms with Crippen LogP contribution >= 0.6 is 0 Å². The summed E-state index contributed by atoms with van der Waals surface area (Å²) in [4.78, 5) is 31.3. The Labute approximate surface area is 350 Å². The lowest BCUT2D eigenvalue weighted by Gasteiger charge is -2.36. The molecule has 8 rings (SSSR count). The van der Waals surface area contributed by atoms with Crippen molar-refractivity contribution in [1.29, 1.82) is 0 Å². The molecular weight excluding hydrogens is 745 g/mol. The number of tetrazole rings is 1.